The van der Waals surface area contributed by atoms with Crippen LogP contribution in [0.25, 0.3) is 21.8 Å². The Labute approximate surface area is 155 Å². The number of nitrogens with one attached hydrogen (secondary N) is 1. The minimum atomic E-state index is -0.380. The predicted molar refractivity (Wildman–Crippen MR) is 102 cm³/mol. The lowest BCUT2D eigenvalue weighted by Gasteiger charge is -2.11. The van der Waals surface area contributed by atoms with Gasteiger partial charge in [0.25, 0.3) is 0 Å². The molecule has 0 fully saturated rings. The molecule has 0 amide bonds. The van der Waals surface area contributed by atoms with Gasteiger partial charge in [-0.15, -0.1) is 0 Å². The number of H-pyrrole nitrogens is 1. The first-order chi connectivity index (χ1) is 13.2. The summed E-state index contributed by atoms with van der Waals surface area (Å²) in [6.45, 7) is 0.178. The Morgan fingerprint density at radius 2 is 1.78 bits per heavy atom. The third-order valence-corrected chi connectivity index (χ3v) is 4.46. The Morgan fingerprint density at radius 3 is 2.56 bits per heavy atom. The first kappa shape index (κ1) is 16.9. The summed E-state index contributed by atoms with van der Waals surface area (Å²) in [6, 6.07) is 13.2. The molecule has 27 heavy (non-hydrogen) atoms. The summed E-state index contributed by atoms with van der Waals surface area (Å²) < 4.78 is 16.2. The average Bonchev–Trinajstić information content (AvgIpc) is 3.19. The van der Waals surface area contributed by atoms with Crippen LogP contribution >= 0.6 is 0 Å². The molecule has 4 aromatic rings. The summed E-state index contributed by atoms with van der Waals surface area (Å²) >= 11 is 0. The molecule has 4 rings (SSSR count). The van der Waals surface area contributed by atoms with E-state index in [0.29, 0.717) is 22.7 Å². The van der Waals surface area contributed by atoms with E-state index in [9.17, 15) is 4.79 Å². The van der Waals surface area contributed by atoms with Crippen LogP contribution in [-0.4, -0.2) is 30.2 Å². The van der Waals surface area contributed by atoms with Crippen molar-refractivity contribution >= 4 is 27.8 Å². The number of esters is 1. The van der Waals surface area contributed by atoms with Crippen LogP contribution in [0.3, 0.4) is 0 Å². The average molecular weight is 362 g/mol. The lowest BCUT2D eigenvalue weighted by atomic mass is 10.1. The zero-order chi connectivity index (χ0) is 18.8. The molecule has 0 aliphatic carbocycles. The largest absolute Gasteiger partial charge is 0.493 e. The Balaban J connectivity index is 1.56. The zero-order valence-corrected chi connectivity index (χ0v) is 15.0. The number of ether oxygens (including phenoxy) is 3. The normalized spacial score (nSPS) is 10.9. The highest BCUT2D eigenvalue weighted by Crippen LogP contribution is 2.32. The van der Waals surface area contributed by atoms with Gasteiger partial charge in [0.15, 0.2) is 11.5 Å². The van der Waals surface area contributed by atoms with Crippen molar-refractivity contribution in [3.63, 3.8) is 0 Å². The SMILES string of the molecule is COc1cc2ccc(COC(=O)c3ccnc4[nH]ccc34)cc2cc1OC. The molecule has 0 unspecified atom stereocenters. The van der Waals surface area contributed by atoms with Gasteiger partial charge in [0.05, 0.1) is 19.8 Å². The van der Waals surface area contributed by atoms with E-state index in [-0.39, 0.29) is 12.6 Å². The highest BCUT2D eigenvalue weighted by molar-refractivity contribution is 6.02. The van der Waals surface area contributed by atoms with Gasteiger partial charge >= 0.3 is 5.97 Å². The predicted octanol–water partition coefficient (Wildman–Crippen LogP) is 4.09. The van der Waals surface area contributed by atoms with Gasteiger partial charge in [-0.3, -0.25) is 0 Å². The molecule has 0 bridgehead atoms. The smallest absolute Gasteiger partial charge is 0.339 e. The van der Waals surface area contributed by atoms with Crippen molar-refractivity contribution < 1.29 is 19.0 Å². The Hall–Kier alpha value is -3.54. The van der Waals surface area contributed by atoms with Crippen molar-refractivity contribution in [3.8, 4) is 11.5 Å². The summed E-state index contributed by atoms with van der Waals surface area (Å²) in [6.07, 6.45) is 3.34. The Bertz CT molecular complexity index is 1130. The molecule has 0 aliphatic rings. The van der Waals surface area contributed by atoms with Crippen LogP contribution in [0.15, 0.2) is 54.9 Å². The molecule has 0 atom stereocenters. The van der Waals surface area contributed by atoms with Gasteiger partial charge in [-0.05, 0) is 46.7 Å². The van der Waals surface area contributed by atoms with E-state index in [1.165, 1.54) is 0 Å². The van der Waals surface area contributed by atoms with Crippen LogP contribution in [0.4, 0.5) is 0 Å². The third kappa shape index (κ3) is 3.17. The quantitative estimate of drug-likeness (QED) is 0.541. The van der Waals surface area contributed by atoms with Crippen molar-refractivity contribution in [2.24, 2.45) is 0 Å². The minimum Gasteiger partial charge on any atom is -0.493 e. The fourth-order valence-electron chi connectivity index (χ4n) is 3.08. The fourth-order valence-corrected chi connectivity index (χ4v) is 3.08. The van der Waals surface area contributed by atoms with Crippen LogP contribution in [-0.2, 0) is 11.3 Å². The molecule has 0 radical (unpaired) electrons. The van der Waals surface area contributed by atoms with E-state index < -0.39 is 0 Å². The molecule has 6 heteroatoms. The zero-order valence-electron chi connectivity index (χ0n) is 15.0. The summed E-state index contributed by atoms with van der Waals surface area (Å²) in [5.74, 6) is 0.956. The monoisotopic (exact) mass is 362 g/mol. The lowest BCUT2D eigenvalue weighted by molar-refractivity contribution is 0.0475. The van der Waals surface area contributed by atoms with E-state index in [4.69, 9.17) is 14.2 Å². The fraction of sp³-hybridized carbons (Fsp3) is 0.143. The number of benzene rings is 2. The molecule has 2 heterocycles. The number of carbonyl (C=O) groups is 1. The van der Waals surface area contributed by atoms with Crippen molar-refractivity contribution in [1.29, 1.82) is 0 Å². The van der Waals surface area contributed by atoms with Crippen molar-refractivity contribution in [1.82, 2.24) is 9.97 Å². The van der Waals surface area contributed by atoms with Gasteiger partial charge in [0.1, 0.15) is 12.3 Å². The molecular weight excluding hydrogens is 344 g/mol. The maximum absolute atomic E-state index is 12.5. The molecule has 0 spiro atoms. The van der Waals surface area contributed by atoms with Crippen molar-refractivity contribution in [3.05, 3.63) is 66.0 Å². The van der Waals surface area contributed by atoms with E-state index in [0.717, 1.165) is 21.7 Å². The molecule has 2 aromatic heterocycles. The molecule has 1 N–H and O–H groups in total. The first-order valence-electron chi connectivity index (χ1n) is 8.43. The number of nitrogens with zero attached hydrogens (tertiary/aromatic N) is 1. The number of hydrogen-bond donors (Lipinski definition) is 1. The number of aromatic amines is 1. The van der Waals surface area contributed by atoms with Crippen LogP contribution < -0.4 is 9.47 Å². The van der Waals surface area contributed by atoms with E-state index in [1.807, 2.05) is 36.4 Å². The van der Waals surface area contributed by atoms with E-state index in [2.05, 4.69) is 9.97 Å². The molecule has 0 aliphatic heterocycles. The molecule has 6 nitrogen and oxygen atoms in total. The minimum absolute atomic E-state index is 0.178. The Kier molecular flexibility index (Phi) is 4.38. The van der Waals surface area contributed by atoms with Gasteiger partial charge < -0.3 is 19.2 Å². The second kappa shape index (κ2) is 6.99. The maximum Gasteiger partial charge on any atom is 0.339 e. The van der Waals surface area contributed by atoms with Crippen LogP contribution in [0.5, 0.6) is 11.5 Å². The number of methoxy groups -OCH3 is 2. The second-order valence-electron chi connectivity index (χ2n) is 6.06. The van der Waals surface area contributed by atoms with Crippen molar-refractivity contribution in [2.75, 3.05) is 14.2 Å². The summed E-state index contributed by atoms with van der Waals surface area (Å²) in [4.78, 5) is 19.6. The standard InChI is InChI=1S/C21H18N2O4/c1-25-18-10-14-4-3-13(9-15(14)11-19(18)26-2)12-27-21(24)17-6-8-23-20-16(17)5-7-22-20/h3-11H,12H2,1-2H3,(H,22,23). The van der Waals surface area contributed by atoms with Crippen LogP contribution in [0.2, 0.25) is 0 Å². The van der Waals surface area contributed by atoms with E-state index in [1.54, 1.807) is 32.7 Å². The summed E-state index contributed by atoms with van der Waals surface area (Å²) in [5, 5.41) is 2.75. The molecule has 0 saturated heterocycles. The summed E-state index contributed by atoms with van der Waals surface area (Å²) in [7, 11) is 3.21. The maximum atomic E-state index is 12.5. The van der Waals surface area contributed by atoms with Crippen LogP contribution in [0.1, 0.15) is 15.9 Å². The second-order valence-corrected chi connectivity index (χ2v) is 6.06. The number of fused-ring (bicyclic) bond motifs is 2. The number of carbonyl (C=O) groups excluding carboxylic acids is 1. The van der Waals surface area contributed by atoms with Crippen molar-refractivity contribution in [2.45, 2.75) is 6.61 Å². The highest BCUT2D eigenvalue weighted by atomic mass is 16.5. The number of aromatic nitrogens is 2. The Morgan fingerprint density at radius 1 is 1.00 bits per heavy atom. The van der Waals surface area contributed by atoms with E-state index >= 15 is 0 Å². The lowest BCUT2D eigenvalue weighted by Crippen LogP contribution is -2.06. The van der Waals surface area contributed by atoms with Gasteiger partial charge in [-0.1, -0.05) is 12.1 Å². The van der Waals surface area contributed by atoms with Gasteiger partial charge in [0, 0.05) is 17.8 Å². The molecule has 2 aromatic carbocycles. The molecule has 136 valence electrons. The van der Waals surface area contributed by atoms with Crippen LogP contribution in [0, 0.1) is 0 Å². The highest BCUT2D eigenvalue weighted by Gasteiger charge is 2.13. The topological polar surface area (TPSA) is 73.4 Å². The number of hydrogen-bond acceptors (Lipinski definition) is 5. The van der Waals surface area contributed by atoms with Gasteiger partial charge in [-0.25, -0.2) is 9.78 Å². The number of pyridine rings is 1. The first-order valence-corrected chi connectivity index (χ1v) is 8.43. The van der Waals surface area contributed by atoms with Gasteiger partial charge in [0.2, 0.25) is 0 Å². The number of rotatable bonds is 5. The summed E-state index contributed by atoms with van der Waals surface area (Å²) in [5.41, 5.74) is 2.05. The molecular formula is C21H18N2O4. The molecule has 0 saturated carbocycles. The third-order valence-electron chi connectivity index (χ3n) is 4.46. The van der Waals surface area contributed by atoms with Gasteiger partial charge in [-0.2, -0.15) is 0 Å².